The van der Waals surface area contributed by atoms with E-state index in [4.69, 9.17) is 5.11 Å². The van der Waals surface area contributed by atoms with E-state index in [1.165, 1.54) is 0 Å². The van der Waals surface area contributed by atoms with Gasteiger partial charge in [-0.25, -0.2) is 0 Å². The maximum atomic E-state index is 10.4. The van der Waals surface area contributed by atoms with Crippen molar-refractivity contribution in [1.82, 2.24) is 5.32 Å². The van der Waals surface area contributed by atoms with Crippen LogP contribution in [-0.4, -0.2) is 24.2 Å². The molecule has 2 atom stereocenters. The molecule has 0 spiro atoms. The number of aliphatic carboxylic acids is 1. The first-order chi connectivity index (χ1) is 4.74. The summed E-state index contributed by atoms with van der Waals surface area (Å²) in [5, 5.41) is 11.7. The van der Waals surface area contributed by atoms with Gasteiger partial charge in [0, 0.05) is 6.04 Å². The molecule has 3 heteroatoms. The number of rotatable bonds is 2. The molecule has 1 rings (SSSR count). The molecule has 0 aromatic rings. The number of carboxylic acids is 1. The van der Waals surface area contributed by atoms with Gasteiger partial charge in [-0.2, -0.15) is 0 Å². The molecule has 0 radical (unpaired) electrons. The molecule has 1 saturated carbocycles. The largest absolute Gasteiger partial charge is 0.481 e. The standard InChI is InChI=1S/C7H13NO2/c1-8-6-3-2-5(4-6)7(9)10/h5-6,8H,2-4H2,1H3,(H,9,10)/t5-,6+/m0/s1. The van der Waals surface area contributed by atoms with Crippen molar-refractivity contribution >= 4 is 5.97 Å². The van der Waals surface area contributed by atoms with Crippen LogP contribution in [0.3, 0.4) is 0 Å². The first kappa shape index (κ1) is 7.54. The quantitative estimate of drug-likeness (QED) is 0.590. The minimum atomic E-state index is -0.641. The Bertz CT molecular complexity index is 136. The normalized spacial score (nSPS) is 32.5. The van der Waals surface area contributed by atoms with Crippen LogP contribution in [0.4, 0.5) is 0 Å². The van der Waals surface area contributed by atoms with Gasteiger partial charge in [-0.1, -0.05) is 0 Å². The second-order valence-corrected chi connectivity index (χ2v) is 2.83. The van der Waals surface area contributed by atoms with E-state index in [2.05, 4.69) is 5.32 Å². The van der Waals surface area contributed by atoms with Gasteiger partial charge in [0.15, 0.2) is 0 Å². The summed E-state index contributed by atoms with van der Waals surface area (Å²) in [5.41, 5.74) is 0. The predicted octanol–water partition coefficient (Wildman–Crippen LogP) is 0.459. The Hall–Kier alpha value is -0.570. The smallest absolute Gasteiger partial charge is 0.306 e. The lowest BCUT2D eigenvalue weighted by atomic mass is 10.1. The van der Waals surface area contributed by atoms with Crippen molar-refractivity contribution in [2.24, 2.45) is 5.92 Å². The molecule has 0 aromatic heterocycles. The van der Waals surface area contributed by atoms with E-state index in [1.807, 2.05) is 7.05 Å². The molecule has 2 N–H and O–H groups in total. The molecule has 0 aliphatic heterocycles. The fourth-order valence-electron chi connectivity index (χ4n) is 1.47. The van der Waals surface area contributed by atoms with E-state index in [0.29, 0.717) is 6.04 Å². The first-order valence-corrected chi connectivity index (χ1v) is 3.64. The van der Waals surface area contributed by atoms with Crippen molar-refractivity contribution in [2.45, 2.75) is 25.3 Å². The summed E-state index contributed by atoms with van der Waals surface area (Å²) in [6.07, 6.45) is 2.64. The molecule has 1 aliphatic carbocycles. The highest BCUT2D eigenvalue weighted by atomic mass is 16.4. The zero-order valence-corrected chi connectivity index (χ0v) is 6.13. The van der Waals surface area contributed by atoms with Crippen LogP contribution in [0.2, 0.25) is 0 Å². The van der Waals surface area contributed by atoms with E-state index in [0.717, 1.165) is 19.3 Å². The monoisotopic (exact) mass is 143 g/mol. The Balaban J connectivity index is 2.35. The summed E-state index contributed by atoms with van der Waals surface area (Å²) in [6.45, 7) is 0. The number of hydrogen-bond donors (Lipinski definition) is 2. The van der Waals surface area contributed by atoms with Gasteiger partial charge in [0.25, 0.3) is 0 Å². The summed E-state index contributed by atoms with van der Waals surface area (Å²) in [4.78, 5) is 10.4. The van der Waals surface area contributed by atoms with Crippen molar-refractivity contribution in [3.8, 4) is 0 Å². The fraction of sp³-hybridized carbons (Fsp3) is 0.857. The maximum Gasteiger partial charge on any atom is 0.306 e. The van der Waals surface area contributed by atoms with Crippen LogP contribution in [0.25, 0.3) is 0 Å². The maximum absolute atomic E-state index is 10.4. The lowest BCUT2D eigenvalue weighted by molar-refractivity contribution is -0.141. The van der Waals surface area contributed by atoms with Gasteiger partial charge in [0.2, 0.25) is 0 Å². The minimum Gasteiger partial charge on any atom is -0.481 e. The highest BCUT2D eigenvalue weighted by Crippen LogP contribution is 2.24. The van der Waals surface area contributed by atoms with Gasteiger partial charge >= 0.3 is 5.97 Å². The summed E-state index contributed by atoms with van der Waals surface area (Å²) in [7, 11) is 1.88. The van der Waals surface area contributed by atoms with Crippen LogP contribution in [-0.2, 0) is 4.79 Å². The van der Waals surface area contributed by atoms with Crippen LogP contribution in [0.5, 0.6) is 0 Å². The zero-order valence-electron chi connectivity index (χ0n) is 6.13. The highest BCUT2D eigenvalue weighted by molar-refractivity contribution is 5.70. The fourth-order valence-corrected chi connectivity index (χ4v) is 1.47. The van der Waals surface area contributed by atoms with Crippen LogP contribution >= 0.6 is 0 Å². The lowest BCUT2D eigenvalue weighted by Gasteiger charge is -2.05. The Labute approximate surface area is 60.4 Å². The van der Waals surface area contributed by atoms with E-state index in [1.54, 1.807) is 0 Å². The summed E-state index contributed by atoms with van der Waals surface area (Å²) >= 11 is 0. The second-order valence-electron chi connectivity index (χ2n) is 2.83. The average molecular weight is 143 g/mol. The molecule has 0 unspecified atom stereocenters. The molecular weight excluding hydrogens is 130 g/mol. The third kappa shape index (κ3) is 1.48. The van der Waals surface area contributed by atoms with Crippen LogP contribution in [0.15, 0.2) is 0 Å². The molecule has 0 amide bonds. The van der Waals surface area contributed by atoms with Crippen molar-refractivity contribution in [1.29, 1.82) is 0 Å². The van der Waals surface area contributed by atoms with Crippen molar-refractivity contribution < 1.29 is 9.90 Å². The van der Waals surface area contributed by atoms with Gasteiger partial charge in [0.1, 0.15) is 0 Å². The lowest BCUT2D eigenvalue weighted by Crippen LogP contribution is -2.22. The van der Waals surface area contributed by atoms with Crippen molar-refractivity contribution in [3.63, 3.8) is 0 Å². The van der Waals surface area contributed by atoms with E-state index in [-0.39, 0.29) is 5.92 Å². The molecule has 1 fully saturated rings. The van der Waals surface area contributed by atoms with Crippen LogP contribution < -0.4 is 5.32 Å². The zero-order chi connectivity index (χ0) is 7.56. The second kappa shape index (κ2) is 3.01. The molecule has 0 saturated heterocycles. The number of hydrogen-bond acceptors (Lipinski definition) is 2. The van der Waals surface area contributed by atoms with Gasteiger partial charge in [-0.05, 0) is 26.3 Å². The predicted molar refractivity (Wildman–Crippen MR) is 37.8 cm³/mol. The molecular formula is C7H13NO2. The van der Waals surface area contributed by atoms with E-state index >= 15 is 0 Å². The Kier molecular flexibility index (Phi) is 2.27. The van der Waals surface area contributed by atoms with Gasteiger partial charge < -0.3 is 10.4 Å². The van der Waals surface area contributed by atoms with Gasteiger partial charge in [0.05, 0.1) is 5.92 Å². The molecule has 0 bridgehead atoms. The average Bonchev–Trinajstić information content (AvgIpc) is 2.34. The topological polar surface area (TPSA) is 49.3 Å². The molecule has 3 nitrogen and oxygen atoms in total. The highest BCUT2D eigenvalue weighted by Gasteiger charge is 2.28. The summed E-state index contributed by atoms with van der Waals surface area (Å²) in [5.74, 6) is -0.741. The summed E-state index contributed by atoms with van der Waals surface area (Å²) < 4.78 is 0. The molecule has 1 aliphatic rings. The number of carboxylic acid groups (broad SMARTS) is 1. The molecule has 10 heavy (non-hydrogen) atoms. The third-order valence-corrected chi connectivity index (χ3v) is 2.19. The van der Waals surface area contributed by atoms with Crippen molar-refractivity contribution in [2.75, 3.05) is 7.05 Å². The van der Waals surface area contributed by atoms with Crippen LogP contribution in [0, 0.1) is 5.92 Å². The third-order valence-electron chi connectivity index (χ3n) is 2.19. The summed E-state index contributed by atoms with van der Waals surface area (Å²) in [6, 6.07) is 0.432. The number of nitrogens with one attached hydrogen (secondary N) is 1. The van der Waals surface area contributed by atoms with Gasteiger partial charge in [-0.15, -0.1) is 0 Å². The Morgan fingerprint density at radius 1 is 1.60 bits per heavy atom. The van der Waals surface area contributed by atoms with E-state index in [9.17, 15) is 4.79 Å². The van der Waals surface area contributed by atoms with Crippen LogP contribution in [0.1, 0.15) is 19.3 Å². The van der Waals surface area contributed by atoms with Crippen molar-refractivity contribution in [3.05, 3.63) is 0 Å². The first-order valence-electron chi connectivity index (χ1n) is 3.64. The molecule has 58 valence electrons. The minimum absolute atomic E-state index is 0.0996. The van der Waals surface area contributed by atoms with E-state index < -0.39 is 5.97 Å². The Morgan fingerprint density at radius 2 is 2.30 bits per heavy atom. The SMILES string of the molecule is CN[C@@H]1CC[C@H](C(=O)O)C1. The molecule has 0 aromatic carbocycles. The Morgan fingerprint density at radius 3 is 2.60 bits per heavy atom. The van der Waals surface area contributed by atoms with Gasteiger partial charge in [-0.3, -0.25) is 4.79 Å². The number of carbonyl (C=O) groups is 1. The molecule has 0 heterocycles.